The number of aliphatic hydroxyl groups excluding tert-OH is 1. The van der Waals surface area contributed by atoms with Crippen LogP contribution in [0.2, 0.25) is 0 Å². The predicted octanol–water partition coefficient (Wildman–Crippen LogP) is 3.40. The summed E-state index contributed by atoms with van der Waals surface area (Å²) >= 11 is 1.31. The highest BCUT2D eigenvalue weighted by atomic mass is 32.1. The van der Waals surface area contributed by atoms with E-state index in [9.17, 15) is 14.3 Å². The van der Waals surface area contributed by atoms with Crippen LogP contribution in [0.3, 0.4) is 0 Å². The third kappa shape index (κ3) is 2.91. The Balaban J connectivity index is 1.77. The Hall–Kier alpha value is -1.72. The molecule has 0 bridgehead atoms. The van der Waals surface area contributed by atoms with Crippen molar-refractivity contribution in [3.63, 3.8) is 0 Å². The minimum Gasteiger partial charge on any atom is -0.393 e. The number of aliphatic hydroxyl groups is 1. The lowest BCUT2D eigenvalue weighted by molar-refractivity contribution is 0.0767. The van der Waals surface area contributed by atoms with Gasteiger partial charge in [0.2, 0.25) is 0 Å². The van der Waals surface area contributed by atoms with Crippen molar-refractivity contribution >= 4 is 17.2 Å². The second-order valence-corrected chi connectivity index (χ2v) is 6.77. The fourth-order valence-electron chi connectivity index (χ4n) is 2.78. The topological polar surface area (TPSA) is 40.5 Å². The van der Waals surface area contributed by atoms with Crippen LogP contribution in [0.4, 0.5) is 4.39 Å². The summed E-state index contributed by atoms with van der Waals surface area (Å²) in [6.07, 6.45) is 0.435. The Kier molecular flexibility index (Phi) is 4.27. The molecule has 2 aromatic rings. The quantitative estimate of drug-likeness (QED) is 0.942. The third-order valence-electron chi connectivity index (χ3n) is 4.15. The number of hydrogen-bond donors (Lipinski definition) is 1. The summed E-state index contributed by atoms with van der Waals surface area (Å²) in [6.45, 7) is 3.02. The Morgan fingerprint density at radius 2 is 2.14 bits per heavy atom. The van der Waals surface area contributed by atoms with Crippen molar-refractivity contribution in [3.8, 4) is 10.4 Å². The summed E-state index contributed by atoms with van der Waals surface area (Å²) in [6, 6.07) is 10.1. The van der Waals surface area contributed by atoms with Crippen LogP contribution in [0.15, 0.2) is 36.4 Å². The van der Waals surface area contributed by atoms with Gasteiger partial charge in [0.15, 0.2) is 0 Å². The summed E-state index contributed by atoms with van der Waals surface area (Å²) in [5.41, 5.74) is 0.523. The molecule has 1 aliphatic heterocycles. The molecule has 116 valence electrons. The number of hydrogen-bond acceptors (Lipinski definition) is 3. The molecule has 22 heavy (non-hydrogen) atoms. The van der Waals surface area contributed by atoms with Gasteiger partial charge in [-0.25, -0.2) is 4.39 Å². The molecule has 1 aromatic heterocycles. The van der Waals surface area contributed by atoms with E-state index in [4.69, 9.17) is 0 Å². The van der Waals surface area contributed by atoms with E-state index in [1.807, 2.05) is 0 Å². The first-order chi connectivity index (χ1) is 10.6. The van der Waals surface area contributed by atoms with Gasteiger partial charge < -0.3 is 10.0 Å². The summed E-state index contributed by atoms with van der Waals surface area (Å²) < 4.78 is 13.8. The van der Waals surface area contributed by atoms with E-state index >= 15 is 0 Å². The first kappa shape index (κ1) is 15.2. The van der Waals surface area contributed by atoms with Gasteiger partial charge in [-0.1, -0.05) is 18.2 Å². The average Bonchev–Trinajstić information content (AvgIpc) is 3.17. The molecule has 2 unspecified atom stereocenters. The molecule has 0 saturated carbocycles. The van der Waals surface area contributed by atoms with Gasteiger partial charge in [-0.15, -0.1) is 11.3 Å². The second-order valence-electron chi connectivity index (χ2n) is 5.68. The number of likely N-dealkylation sites (tertiary alicyclic amines) is 1. The second kappa shape index (κ2) is 6.18. The smallest absolute Gasteiger partial charge is 0.263 e. The molecule has 0 spiro atoms. The van der Waals surface area contributed by atoms with Gasteiger partial charge in [-0.2, -0.15) is 0 Å². The Morgan fingerprint density at radius 3 is 2.82 bits per heavy atom. The molecule has 2 heterocycles. The fourth-order valence-corrected chi connectivity index (χ4v) is 3.78. The Morgan fingerprint density at radius 1 is 1.36 bits per heavy atom. The normalized spacial score (nSPS) is 19.4. The van der Waals surface area contributed by atoms with E-state index in [2.05, 4.69) is 0 Å². The lowest BCUT2D eigenvalue weighted by atomic mass is 10.0. The van der Waals surface area contributed by atoms with Crippen LogP contribution in [-0.4, -0.2) is 35.1 Å². The monoisotopic (exact) mass is 319 g/mol. The van der Waals surface area contributed by atoms with E-state index in [1.165, 1.54) is 17.4 Å². The molecular weight excluding hydrogens is 301 g/mol. The minimum atomic E-state index is -0.393. The summed E-state index contributed by atoms with van der Waals surface area (Å²) in [5, 5.41) is 9.63. The van der Waals surface area contributed by atoms with Gasteiger partial charge in [0.1, 0.15) is 5.82 Å². The Bertz CT molecular complexity index is 683. The maximum absolute atomic E-state index is 13.8. The van der Waals surface area contributed by atoms with Crippen molar-refractivity contribution in [2.24, 2.45) is 5.92 Å². The SMILES string of the molecule is CC(O)C1CCN(C(=O)c2ccc(-c3ccccc3F)s2)C1. The standard InChI is InChI=1S/C17H18FNO2S/c1-11(20)12-8-9-19(10-12)17(21)16-7-6-15(22-16)13-4-2-3-5-14(13)18/h2-7,11-12,20H,8-10H2,1H3. The maximum Gasteiger partial charge on any atom is 0.263 e. The number of rotatable bonds is 3. The van der Waals surface area contributed by atoms with Gasteiger partial charge in [-0.05, 0) is 31.5 Å². The third-order valence-corrected chi connectivity index (χ3v) is 5.26. The van der Waals surface area contributed by atoms with Gasteiger partial charge in [-0.3, -0.25) is 4.79 Å². The number of thiophene rings is 1. The molecule has 0 radical (unpaired) electrons. The number of carbonyl (C=O) groups is 1. The molecule has 1 fully saturated rings. The van der Waals surface area contributed by atoms with Crippen LogP contribution in [0.1, 0.15) is 23.0 Å². The van der Waals surface area contributed by atoms with Crippen molar-refractivity contribution in [2.45, 2.75) is 19.4 Å². The van der Waals surface area contributed by atoms with E-state index in [-0.39, 0.29) is 17.6 Å². The zero-order chi connectivity index (χ0) is 15.7. The summed E-state index contributed by atoms with van der Waals surface area (Å²) in [5.74, 6) is -0.163. The highest BCUT2D eigenvalue weighted by Gasteiger charge is 2.30. The van der Waals surface area contributed by atoms with Crippen LogP contribution in [0.5, 0.6) is 0 Å². The zero-order valence-electron chi connectivity index (χ0n) is 12.3. The predicted molar refractivity (Wildman–Crippen MR) is 85.4 cm³/mol. The molecule has 3 rings (SSSR count). The van der Waals surface area contributed by atoms with E-state index in [0.29, 0.717) is 23.5 Å². The zero-order valence-corrected chi connectivity index (χ0v) is 13.1. The van der Waals surface area contributed by atoms with Crippen molar-refractivity contribution in [2.75, 3.05) is 13.1 Å². The van der Waals surface area contributed by atoms with Gasteiger partial charge >= 0.3 is 0 Å². The fraction of sp³-hybridized carbons (Fsp3) is 0.353. The molecule has 1 aromatic carbocycles. The van der Waals surface area contributed by atoms with Gasteiger partial charge in [0.05, 0.1) is 11.0 Å². The largest absolute Gasteiger partial charge is 0.393 e. The molecule has 1 amide bonds. The molecule has 2 atom stereocenters. The lowest BCUT2D eigenvalue weighted by Gasteiger charge is -2.16. The highest BCUT2D eigenvalue weighted by Crippen LogP contribution is 2.31. The van der Waals surface area contributed by atoms with E-state index in [0.717, 1.165) is 11.3 Å². The molecule has 1 N–H and O–H groups in total. The lowest BCUT2D eigenvalue weighted by Crippen LogP contribution is -2.29. The van der Waals surface area contributed by atoms with Crippen molar-refractivity contribution in [3.05, 3.63) is 47.1 Å². The van der Waals surface area contributed by atoms with Gasteiger partial charge in [0, 0.05) is 29.4 Å². The molecular formula is C17H18FNO2S. The number of halogens is 1. The van der Waals surface area contributed by atoms with Crippen LogP contribution in [-0.2, 0) is 0 Å². The van der Waals surface area contributed by atoms with Crippen molar-refractivity contribution in [1.82, 2.24) is 4.90 Å². The highest BCUT2D eigenvalue weighted by molar-refractivity contribution is 7.17. The van der Waals surface area contributed by atoms with Crippen LogP contribution in [0, 0.1) is 11.7 Å². The van der Waals surface area contributed by atoms with Crippen molar-refractivity contribution in [1.29, 1.82) is 0 Å². The average molecular weight is 319 g/mol. The number of nitrogens with zero attached hydrogens (tertiary/aromatic N) is 1. The number of amides is 1. The van der Waals surface area contributed by atoms with Crippen LogP contribution >= 0.6 is 11.3 Å². The molecule has 3 nitrogen and oxygen atoms in total. The first-order valence-corrected chi connectivity index (χ1v) is 8.20. The number of carbonyl (C=O) groups excluding carboxylic acids is 1. The number of benzene rings is 1. The minimum absolute atomic E-state index is 0.0317. The maximum atomic E-state index is 13.8. The van der Waals surface area contributed by atoms with Crippen molar-refractivity contribution < 1.29 is 14.3 Å². The summed E-state index contributed by atoms with van der Waals surface area (Å²) in [4.78, 5) is 15.7. The Labute approximate surface area is 133 Å². The van der Waals surface area contributed by atoms with Gasteiger partial charge in [0.25, 0.3) is 5.91 Å². The molecule has 1 saturated heterocycles. The van der Waals surface area contributed by atoms with E-state index in [1.54, 1.807) is 42.2 Å². The summed E-state index contributed by atoms with van der Waals surface area (Å²) in [7, 11) is 0. The molecule has 5 heteroatoms. The molecule has 0 aliphatic carbocycles. The van der Waals surface area contributed by atoms with Crippen LogP contribution < -0.4 is 0 Å². The van der Waals surface area contributed by atoms with Crippen LogP contribution in [0.25, 0.3) is 10.4 Å². The van der Waals surface area contributed by atoms with E-state index < -0.39 is 6.10 Å². The molecule has 1 aliphatic rings. The first-order valence-electron chi connectivity index (χ1n) is 7.38.